The zero-order chi connectivity index (χ0) is 30.5. The third-order valence-corrected chi connectivity index (χ3v) is 7.86. The van der Waals surface area contributed by atoms with Crippen molar-refractivity contribution in [1.29, 1.82) is 0 Å². The summed E-state index contributed by atoms with van der Waals surface area (Å²) in [5.74, 6) is 0. The predicted molar refractivity (Wildman–Crippen MR) is 169 cm³/mol. The minimum absolute atomic E-state index is 0.120. The smallest absolute Gasteiger partial charge is 0.409 e. The normalized spacial score (nSPS) is 15.8. The van der Waals surface area contributed by atoms with Crippen molar-refractivity contribution in [1.82, 2.24) is 15.1 Å². The van der Waals surface area contributed by atoms with Crippen LogP contribution in [0, 0.1) is 0 Å². The standard InChI is InChI=1S/2C15H29NO2.C3H5NO2/c2*1-2-3-4-5-6-7-8-9-10-11-12-16-13-14-18-15(16)17;5-3-4-1-2-6-3/h2*2-14H2,1H3;1-2H2,(H,4,5). The Hall–Kier alpha value is -2.19. The van der Waals surface area contributed by atoms with Crippen molar-refractivity contribution in [3.05, 3.63) is 0 Å². The molecule has 3 saturated heterocycles. The van der Waals surface area contributed by atoms with E-state index >= 15 is 0 Å². The van der Waals surface area contributed by atoms with Crippen LogP contribution in [0.5, 0.6) is 0 Å². The van der Waals surface area contributed by atoms with Crippen LogP contribution in [0.3, 0.4) is 0 Å². The molecule has 9 heteroatoms. The van der Waals surface area contributed by atoms with Gasteiger partial charge in [0.05, 0.1) is 19.6 Å². The van der Waals surface area contributed by atoms with E-state index in [1.165, 1.54) is 116 Å². The van der Waals surface area contributed by atoms with Gasteiger partial charge in [-0.25, -0.2) is 14.4 Å². The summed E-state index contributed by atoms with van der Waals surface area (Å²) in [5, 5.41) is 2.46. The SMILES string of the molecule is CCCCCCCCCCCCN1CCOC1=O.CCCCCCCCCCCCN1CCOC1=O.O=C1NCCO1. The number of carbonyl (C=O) groups excluding carboxylic acids is 3. The molecule has 42 heavy (non-hydrogen) atoms. The molecule has 0 radical (unpaired) electrons. The van der Waals surface area contributed by atoms with Gasteiger partial charge in [0, 0.05) is 13.1 Å². The average molecular weight is 598 g/mol. The van der Waals surface area contributed by atoms with Crippen LogP contribution in [0.2, 0.25) is 0 Å². The zero-order valence-corrected chi connectivity index (χ0v) is 27.1. The highest BCUT2D eigenvalue weighted by molar-refractivity contribution is 5.69. The van der Waals surface area contributed by atoms with Crippen LogP contribution in [-0.2, 0) is 14.2 Å². The van der Waals surface area contributed by atoms with E-state index in [0.29, 0.717) is 26.4 Å². The Bertz CT molecular complexity index is 624. The molecule has 3 aliphatic heterocycles. The van der Waals surface area contributed by atoms with E-state index in [1.54, 1.807) is 0 Å². The molecule has 0 bridgehead atoms. The van der Waals surface area contributed by atoms with Gasteiger partial charge < -0.3 is 29.3 Å². The summed E-state index contributed by atoms with van der Waals surface area (Å²) in [6, 6.07) is 0. The first-order chi connectivity index (χ1) is 20.6. The van der Waals surface area contributed by atoms with Crippen LogP contribution in [-0.4, -0.2) is 80.6 Å². The Morgan fingerprint density at radius 2 is 0.857 bits per heavy atom. The molecule has 3 heterocycles. The minimum atomic E-state index is -0.296. The first-order valence-corrected chi connectivity index (χ1v) is 17.3. The fourth-order valence-electron chi connectivity index (χ4n) is 5.19. The van der Waals surface area contributed by atoms with Crippen LogP contribution >= 0.6 is 0 Å². The summed E-state index contributed by atoms with van der Waals surface area (Å²) in [5.41, 5.74) is 0. The second kappa shape index (κ2) is 27.6. The van der Waals surface area contributed by atoms with E-state index < -0.39 is 0 Å². The van der Waals surface area contributed by atoms with Crippen LogP contribution < -0.4 is 5.32 Å². The van der Waals surface area contributed by atoms with Gasteiger partial charge >= 0.3 is 18.3 Å². The Morgan fingerprint density at radius 1 is 0.500 bits per heavy atom. The number of unbranched alkanes of at least 4 members (excludes halogenated alkanes) is 18. The predicted octanol–water partition coefficient (Wildman–Crippen LogP) is 8.45. The number of hydrogen-bond acceptors (Lipinski definition) is 6. The van der Waals surface area contributed by atoms with Gasteiger partial charge in [-0.3, -0.25) is 0 Å². The highest BCUT2D eigenvalue weighted by Gasteiger charge is 2.21. The van der Waals surface area contributed by atoms with Crippen LogP contribution in [0.1, 0.15) is 142 Å². The van der Waals surface area contributed by atoms with Crippen molar-refractivity contribution < 1.29 is 28.6 Å². The zero-order valence-electron chi connectivity index (χ0n) is 27.1. The molecule has 9 nitrogen and oxygen atoms in total. The van der Waals surface area contributed by atoms with Gasteiger partial charge in [0.25, 0.3) is 0 Å². The lowest BCUT2D eigenvalue weighted by Gasteiger charge is -2.11. The summed E-state index contributed by atoms with van der Waals surface area (Å²) >= 11 is 0. The lowest BCUT2D eigenvalue weighted by molar-refractivity contribution is 0.157. The topological polar surface area (TPSA) is 97.4 Å². The molecule has 3 rings (SSSR count). The molecular formula is C33H63N3O6. The summed E-state index contributed by atoms with van der Waals surface area (Å²) in [6.07, 6.45) is 26.2. The number of nitrogens with one attached hydrogen (secondary N) is 1. The number of hydrogen-bond donors (Lipinski definition) is 1. The largest absolute Gasteiger partial charge is 0.448 e. The van der Waals surface area contributed by atoms with Crippen molar-refractivity contribution in [2.45, 2.75) is 142 Å². The third-order valence-electron chi connectivity index (χ3n) is 7.86. The van der Waals surface area contributed by atoms with Crippen molar-refractivity contribution in [3.63, 3.8) is 0 Å². The first-order valence-electron chi connectivity index (χ1n) is 17.3. The van der Waals surface area contributed by atoms with Crippen molar-refractivity contribution >= 4 is 18.3 Å². The van der Waals surface area contributed by atoms with Crippen LogP contribution in [0.4, 0.5) is 14.4 Å². The average Bonchev–Trinajstić information content (AvgIpc) is 3.75. The second-order valence-electron chi connectivity index (χ2n) is 11.6. The van der Waals surface area contributed by atoms with Gasteiger partial charge in [-0.15, -0.1) is 0 Å². The van der Waals surface area contributed by atoms with E-state index in [2.05, 4.69) is 23.9 Å². The maximum Gasteiger partial charge on any atom is 0.409 e. The lowest BCUT2D eigenvalue weighted by Crippen LogP contribution is -2.25. The van der Waals surface area contributed by atoms with Crippen LogP contribution in [0.15, 0.2) is 0 Å². The molecule has 3 aliphatic rings. The number of carbonyl (C=O) groups is 3. The molecule has 0 aromatic carbocycles. The fourth-order valence-corrected chi connectivity index (χ4v) is 5.19. The fraction of sp³-hybridized carbons (Fsp3) is 0.909. The van der Waals surface area contributed by atoms with Gasteiger partial charge in [-0.05, 0) is 12.8 Å². The maximum absolute atomic E-state index is 11.2. The van der Waals surface area contributed by atoms with Gasteiger partial charge in [-0.1, -0.05) is 129 Å². The Balaban J connectivity index is 0.000000350. The number of rotatable bonds is 22. The first kappa shape index (κ1) is 37.8. The van der Waals surface area contributed by atoms with Crippen molar-refractivity contribution in [3.8, 4) is 0 Å². The molecule has 0 atom stereocenters. The molecule has 1 N–H and O–H groups in total. The quantitative estimate of drug-likeness (QED) is 0.0993. The number of nitrogens with zero attached hydrogens (tertiary/aromatic N) is 2. The number of cyclic esters (lactones) is 3. The molecule has 3 fully saturated rings. The molecule has 0 aliphatic carbocycles. The monoisotopic (exact) mass is 597 g/mol. The van der Waals surface area contributed by atoms with E-state index in [9.17, 15) is 14.4 Å². The van der Waals surface area contributed by atoms with Gasteiger partial charge in [0.15, 0.2) is 0 Å². The number of amides is 3. The van der Waals surface area contributed by atoms with E-state index in [4.69, 9.17) is 9.47 Å². The summed E-state index contributed by atoms with van der Waals surface area (Å²) in [7, 11) is 0. The van der Waals surface area contributed by atoms with Crippen LogP contribution in [0.25, 0.3) is 0 Å². The van der Waals surface area contributed by atoms with Crippen molar-refractivity contribution in [2.24, 2.45) is 0 Å². The Labute approximate surface area is 256 Å². The van der Waals surface area contributed by atoms with E-state index in [0.717, 1.165) is 39.0 Å². The van der Waals surface area contributed by atoms with Gasteiger partial charge in [0.1, 0.15) is 19.8 Å². The molecular weight excluding hydrogens is 534 g/mol. The number of ether oxygens (including phenoxy) is 3. The highest BCUT2D eigenvalue weighted by Crippen LogP contribution is 2.13. The lowest BCUT2D eigenvalue weighted by atomic mass is 10.1. The second-order valence-corrected chi connectivity index (χ2v) is 11.6. The van der Waals surface area contributed by atoms with Gasteiger partial charge in [-0.2, -0.15) is 0 Å². The Morgan fingerprint density at radius 3 is 1.10 bits per heavy atom. The summed E-state index contributed by atoms with van der Waals surface area (Å²) in [6.45, 7) is 10.2. The van der Waals surface area contributed by atoms with Gasteiger partial charge in [0.2, 0.25) is 0 Å². The third kappa shape index (κ3) is 21.5. The number of alkyl carbamates (subject to hydrolysis) is 1. The molecule has 0 unspecified atom stereocenters. The summed E-state index contributed by atoms with van der Waals surface area (Å²) < 4.78 is 14.2. The molecule has 3 amide bonds. The molecule has 0 aromatic heterocycles. The minimum Gasteiger partial charge on any atom is -0.448 e. The molecule has 0 saturated carbocycles. The molecule has 0 spiro atoms. The summed E-state index contributed by atoms with van der Waals surface area (Å²) in [4.78, 5) is 35.9. The molecule has 246 valence electrons. The molecule has 0 aromatic rings. The maximum atomic E-state index is 11.2. The van der Waals surface area contributed by atoms with E-state index in [1.807, 2.05) is 9.80 Å². The van der Waals surface area contributed by atoms with Crippen molar-refractivity contribution in [2.75, 3.05) is 52.5 Å². The van der Waals surface area contributed by atoms with E-state index in [-0.39, 0.29) is 18.3 Å². The Kier molecular flexibility index (Phi) is 24.9. The highest BCUT2D eigenvalue weighted by atomic mass is 16.6.